The molecule has 0 spiro atoms. The molecule has 0 aliphatic carbocycles. The molecule has 2 aromatic rings. The number of halogens is 1. The van der Waals surface area contributed by atoms with Crippen molar-refractivity contribution in [3.05, 3.63) is 57.8 Å². The van der Waals surface area contributed by atoms with Gasteiger partial charge in [-0.2, -0.15) is 0 Å². The largest absolute Gasteiger partial charge is 0.376 e. The monoisotopic (exact) mass is 304 g/mol. The van der Waals surface area contributed by atoms with Crippen molar-refractivity contribution >= 4 is 21.6 Å². The molecular formula is C15H17BrN2. The Morgan fingerprint density at radius 3 is 2.44 bits per heavy atom. The molecule has 0 aliphatic heterocycles. The Labute approximate surface area is 117 Å². The van der Waals surface area contributed by atoms with Crippen LogP contribution in [0.1, 0.15) is 29.7 Å². The SMILES string of the molecule is Cc1cc(C)cc(C(C)Nc2cccnc2Br)c1. The summed E-state index contributed by atoms with van der Waals surface area (Å²) in [6, 6.07) is 10.8. The van der Waals surface area contributed by atoms with Crippen LogP contribution in [0.3, 0.4) is 0 Å². The van der Waals surface area contributed by atoms with Crippen LogP contribution in [-0.2, 0) is 0 Å². The summed E-state index contributed by atoms with van der Waals surface area (Å²) in [6.07, 6.45) is 1.77. The molecule has 1 aromatic carbocycles. The van der Waals surface area contributed by atoms with Gasteiger partial charge in [0.1, 0.15) is 4.60 Å². The molecule has 1 aromatic heterocycles. The van der Waals surface area contributed by atoms with E-state index < -0.39 is 0 Å². The van der Waals surface area contributed by atoms with Crippen molar-refractivity contribution < 1.29 is 0 Å². The smallest absolute Gasteiger partial charge is 0.129 e. The first kappa shape index (κ1) is 13.1. The van der Waals surface area contributed by atoms with Crippen molar-refractivity contribution in [2.75, 3.05) is 5.32 Å². The number of nitrogens with zero attached hydrogens (tertiary/aromatic N) is 1. The van der Waals surface area contributed by atoms with E-state index >= 15 is 0 Å². The van der Waals surface area contributed by atoms with E-state index in [9.17, 15) is 0 Å². The molecule has 0 amide bonds. The minimum absolute atomic E-state index is 0.254. The summed E-state index contributed by atoms with van der Waals surface area (Å²) in [5.41, 5.74) is 4.90. The van der Waals surface area contributed by atoms with E-state index in [1.807, 2.05) is 12.1 Å². The van der Waals surface area contributed by atoms with Gasteiger partial charge in [-0.25, -0.2) is 4.98 Å². The second-order valence-corrected chi connectivity index (χ2v) is 5.38. The van der Waals surface area contributed by atoms with Crippen molar-refractivity contribution in [3.63, 3.8) is 0 Å². The number of aromatic nitrogens is 1. The van der Waals surface area contributed by atoms with E-state index in [4.69, 9.17) is 0 Å². The summed E-state index contributed by atoms with van der Waals surface area (Å²) in [5.74, 6) is 0. The Hall–Kier alpha value is -1.35. The predicted molar refractivity (Wildman–Crippen MR) is 79.9 cm³/mol. The first-order chi connectivity index (χ1) is 8.56. The van der Waals surface area contributed by atoms with Gasteiger partial charge in [0, 0.05) is 12.2 Å². The fraction of sp³-hybridized carbons (Fsp3) is 0.267. The van der Waals surface area contributed by atoms with E-state index in [1.165, 1.54) is 16.7 Å². The number of aryl methyl sites for hydroxylation is 2. The topological polar surface area (TPSA) is 24.9 Å². The molecule has 3 heteroatoms. The number of pyridine rings is 1. The van der Waals surface area contributed by atoms with E-state index in [0.717, 1.165) is 10.3 Å². The second-order valence-electron chi connectivity index (χ2n) is 4.63. The molecule has 1 unspecified atom stereocenters. The molecule has 2 nitrogen and oxygen atoms in total. The van der Waals surface area contributed by atoms with Gasteiger partial charge in [-0.3, -0.25) is 0 Å². The lowest BCUT2D eigenvalue weighted by molar-refractivity contribution is 0.877. The lowest BCUT2D eigenvalue weighted by Crippen LogP contribution is -2.08. The summed E-state index contributed by atoms with van der Waals surface area (Å²) in [4.78, 5) is 4.22. The van der Waals surface area contributed by atoms with Crippen LogP contribution < -0.4 is 5.32 Å². The highest BCUT2D eigenvalue weighted by molar-refractivity contribution is 9.10. The average molecular weight is 305 g/mol. The van der Waals surface area contributed by atoms with Crippen LogP contribution in [0.2, 0.25) is 0 Å². The summed E-state index contributed by atoms with van der Waals surface area (Å²) >= 11 is 3.45. The lowest BCUT2D eigenvalue weighted by Gasteiger charge is -2.17. The van der Waals surface area contributed by atoms with Crippen molar-refractivity contribution in [1.82, 2.24) is 4.98 Å². The molecule has 94 valence electrons. The Kier molecular flexibility index (Phi) is 4.02. The molecule has 0 bridgehead atoms. The predicted octanol–water partition coefficient (Wildman–Crippen LogP) is 4.63. The van der Waals surface area contributed by atoms with Crippen LogP contribution in [0.5, 0.6) is 0 Å². The number of nitrogens with one attached hydrogen (secondary N) is 1. The first-order valence-corrected chi connectivity index (χ1v) is 6.81. The minimum atomic E-state index is 0.254. The normalized spacial score (nSPS) is 12.2. The highest BCUT2D eigenvalue weighted by Gasteiger charge is 2.08. The Balaban J connectivity index is 2.22. The first-order valence-electron chi connectivity index (χ1n) is 6.01. The van der Waals surface area contributed by atoms with Crippen molar-refractivity contribution in [2.24, 2.45) is 0 Å². The van der Waals surface area contributed by atoms with Gasteiger partial charge in [-0.1, -0.05) is 29.3 Å². The standard InChI is InChI=1S/C15H17BrN2/c1-10-7-11(2)9-13(8-10)12(3)18-14-5-4-6-17-15(14)16/h4-9,12,18H,1-3H3. The average Bonchev–Trinajstić information content (AvgIpc) is 2.31. The number of benzene rings is 1. The van der Waals surface area contributed by atoms with Crippen LogP contribution in [0.25, 0.3) is 0 Å². The van der Waals surface area contributed by atoms with Gasteiger partial charge in [0.15, 0.2) is 0 Å². The summed E-state index contributed by atoms with van der Waals surface area (Å²) in [6.45, 7) is 6.42. The zero-order valence-corrected chi connectivity index (χ0v) is 12.5. The van der Waals surface area contributed by atoms with Crippen molar-refractivity contribution in [1.29, 1.82) is 0 Å². The third-order valence-electron chi connectivity index (χ3n) is 2.88. The number of rotatable bonds is 3. The molecule has 18 heavy (non-hydrogen) atoms. The number of anilines is 1. The zero-order chi connectivity index (χ0) is 13.1. The van der Waals surface area contributed by atoms with Crippen molar-refractivity contribution in [3.8, 4) is 0 Å². The third kappa shape index (κ3) is 3.10. The highest BCUT2D eigenvalue weighted by atomic mass is 79.9. The van der Waals surface area contributed by atoms with Crippen LogP contribution in [0.15, 0.2) is 41.1 Å². The maximum absolute atomic E-state index is 4.22. The van der Waals surface area contributed by atoms with E-state index in [2.05, 4.69) is 65.2 Å². The quantitative estimate of drug-likeness (QED) is 0.836. The second kappa shape index (κ2) is 5.53. The number of hydrogen-bond donors (Lipinski definition) is 1. The minimum Gasteiger partial charge on any atom is -0.376 e. The van der Waals surface area contributed by atoms with Gasteiger partial charge in [-0.05, 0) is 54.4 Å². The van der Waals surface area contributed by atoms with Gasteiger partial charge in [0.25, 0.3) is 0 Å². The highest BCUT2D eigenvalue weighted by Crippen LogP contribution is 2.25. The zero-order valence-electron chi connectivity index (χ0n) is 10.9. The van der Waals surface area contributed by atoms with Gasteiger partial charge < -0.3 is 5.32 Å². The Morgan fingerprint density at radius 1 is 1.17 bits per heavy atom. The fourth-order valence-electron chi connectivity index (χ4n) is 2.07. The molecule has 0 saturated heterocycles. The maximum Gasteiger partial charge on any atom is 0.129 e. The molecule has 1 heterocycles. The van der Waals surface area contributed by atoms with Crippen LogP contribution in [0.4, 0.5) is 5.69 Å². The summed E-state index contributed by atoms with van der Waals surface area (Å²) in [5, 5.41) is 3.47. The van der Waals surface area contributed by atoms with E-state index in [-0.39, 0.29) is 6.04 Å². The third-order valence-corrected chi connectivity index (χ3v) is 3.51. The number of hydrogen-bond acceptors (Lipinski definition) is 2. The molecule has 1 N–H and O–H groups in total. The van der Waals surface area contributed by atoms with Gasteiger partial charge >= 0.3 is 0 Å². The van der Waals surface area contributed by atoms with Crippen LogP contribution in [0, 0.1) is 13.8 Å². The Bertz CT molecular complexity index is 532. The molecule has 0 saturated carbocycles. The molecular weight excluding hydrogens is 288 g/mol. The van der Waals surface area contributed by atoms with E-state index in [0.29, 0.717) is 0 Å². The molecule has 0 aliphatic rings. The molecule has 1 atom stereocenters. The Morgan fingerprint density at radius 2 is 1.83 bits per heavy atom. The maximum atomic E-state index is 4.22. The summed E-state index contributed by atoms with van der Waals surface area (Å²) < 4.78 is 0.848. The van der Waals surface area contributed by atoms with Crippen LogP contribution >= 0.6 is 15.9 Å². The van der Waals surface area contributed by atoms with Crippen molar-refractivity contribution in [2.45, 2.75) is 26.8 Å². The molecule has 0 radical (unpaired) electrons. The fourth-order valence-corrected chi connectivity index (χ4v) is 2.44. The molecule has 0 fully saturated rings. The van der Waals surface area contributed by atoms with E-state index in [1.54, 1.807) is 6.20 Å². The van der Waals surface area contributed by atoms with Gasteiger partial charge in [-0.15, -0.1) is 0 Å². The molecule has 2 rings (SSSR count). The van der Waals surface area contributed by atoms with Gasteiger partial charge in [0.2, 0.25) is 0 Å². The lowest BCUT2D eigenvalue weighted by atomic mass is 10.0. The van der Waals surface area contributed by atoms with Crippen LogP contribution in [-0.4, -0.2) is 4.98 Å². The summed E-state index contributed by atoms with van der Waals surface area (Å²) in [7, 11) is 0. The van der Waals surface area contributed by atoms with Gasteiger partial charge in [0.05, 0.1) is 5.69 Å².